The molecule has 0 aromatic heterocycles. The zero-order valence-electron chi connectivity index (χ0n) is 20.2. The Morgan fingerprint density at radius 2 is 1.97 bits per heavy atom. The molecule has 1 amide bonds. The van der Waals surface area contributed by atoms with Crippen LogP contribution in [-0.4, -0.2) is 23.8 Å². The number of amides is 1. The van der Waals surface area contributed by atoms with Gasteiger partial charge in [-0.3, -0.25) is 4.79 Å². The third-order valence-electron chi connectivity index (χ3n) is 3.99. The summed E-state index contributed by atoms with van der Waals surface area (Å²) in [7, 11) is 0. The number of rotatable bonds is 8. The van der Waals surface area contributed by atoms with Crippen molar-refractivity contribution in [3.63, 3.8) is 0 Å². The third kappa shape index (κ3) is 18.5. The topological polar surface area (TPSA) is 53.0 Å². The number of alkyl halides is 1. The van der Waals surface area contributed by atoms with E-state index in [1.807, 2.05) is 70.2 Å². The fourth-order valence-corrected chi connectivity index (χ4v) is 2.45. The summed E-state index contributed by atoms with van der Waals surface area (Å²) >= 11 is 3.33. The average molecular weight is 496 g/mol. The van der Waals surface area contributed by atoms with Crippen LogP contribution in [0.3, 0.4) is 0 Å². The van der Waals surface area contributed by atoms with Gasteiger partial charge in [0.25, 0.3) is 5.91 Å². The number of hydrogen-bond acceptors (Lipinski definition) is 2. The molecule has 0 saturated heterocycles. The Bertz CT molecular complexity index is 733. The Balaban J connectivity index is 0. The number of benzene rings is 1. The van der Waals surface area contributed by atoms with Crippen LogP contribution >= 0.6 is 15.9 Å². The largest absolute Gasteiger partial charge is 0.351 e. The second-order valence-electron chi connectivity index (χ2n) is 7.87. The number of hydrogen-bond donors (Lipinski definition) is 2. The lowest BCUT2D eigenvalue weighted by atomic mass is 10.1. The van der Waals surface area contributed by atoms with Gasteiger partial charge in [-0.25, -0.2) is 4.39 Å². The highest BCUT2D eigenvalue weighted by Gasteiger charge is 2.27. The predicted molar refractivity (Wildman–Crippen MR) is 138 cm³/mol. The molecule has 31 heavy (non-hydrogen) atoms. The molecule has 0 heterocycles. The van der Waals surface area contributed by atoms with Gasteiger partial charge in [0.2, 0.25) is 0 Å². The summed E-state index contributed by atoms with van der Waals surface area (Å²) < 4.78 is 14.1. The quantitative estimate of drug-likeness (QED) is 0.280. The van der Waals surface area contributed by atoms with E-state index in [0.29, 0.717) is 0 Å². The molecule has 1 aromatic rings. The van der Waals surface area contributed by atoms with Gasteiger partial charge in [0.1, 0.15) is 0 Å². The number of carbonyl (C=O) groups is 1. The molecule has 0 aliphatic carbocycles. The fourth-order valence-electron chi connectivity index (χ4n) is 2.08. The van der Waals surface area contributed by atoms with E-state index >= 15 is 0 Å². The first-order valence-electron chi connectivity index (χ1n) is 10.6. The molecule has 0 radical (unpaired) electrons. The molecule has 0 saturated carbocycles. The first kappa shape index (κ1) is 31.2. The number of aryl methyl sites for hydroxylation is 1. The van der Waals surface area contributed by atoms with E-state index in [1.54, 1.807) is 0 Å². The molecule has 174 valence electrons. The van der Waals surface area contributed by atoms with Crippen LogP contribution in [0.5, 0.6) is 0 Å². The lowest BCUT2D eigenvalue weighted by Gasteiger charge is -2.18. The highest BCUT2D eigenvalue weighted by Crippen LogP contribution is 2.13. The normalized spacial score (nSPS) is 11.8. The summed E-state index contributed by atoms with van der Waals surface area (Å²) in [6.45, 7) is 16.2. The molecule has 1 aromatic carbocycles. The van der Waals surface area contributed by atoms with Crippen molar-refractivity contribution in [1.82, 2.24) is 5.32 Å². The second kappa shape index (κ2) is 17.6. The summed E-state index contributed by atoms with van der Waals surface area (Å²) in [5.41, 5.74) is 1.43. The van der Waals surface area contributed by atoms with Gasteiger partial charge in [0, 0.05) is 16.7 Å². The standard InChI is InChI=1S/C10H20FNO.C8H8BrN.C8H12/c1-5-6-7-8(2)12-9(13)10(3,4)11;1-6-2-3-8(9)4-7(6)5-10;1-4-5-6-7-8(2)3/h8H,5-7H2,1-4H3,(H,12,13);2-5,10H,1H3;4-7H,2H2,1,3H3/b;;5-4-,7-6-. The summed E-state index contributed by atoms with van der Waals surface area (Å²) in [5.74, 6) is -0.517. The van der Waals surface area contributed by atoms with Crippen LogP contribution in [-0.2, 0) is 4.79 Å². The van der Waals surface area contributed by atoms with Crippen LogP contribution in [0.15, 0.2) is 59.1 Å². The van der Waals surface area contributed by atoms with Crippen molar-refractivity contribution in [3.8, 4) is 0 Å². The van der Waals surface area contributed by atoms with Crippen LogP contribution in [0.1, 0.15) is 71.9 Å². The second-order valence-corrected chi connectivity index (χ2v) is 8.78. The van der Waals surface area contributed by atoms with Gasteiger partial charge in [-0.1, -0.05) is 78.2 Å². The summed E-state index contributed by atoms with van der Waals surface area (Å²) in [4.78, 5) is 11.2. The SMILES string of the molecule is C=C(C)/C=C\C=C/C.CCCCC(C)NC(=O)C(C)(C)F.Cc1ccc(Br)cc1C=N. The number of nitrogens with one attached hydrogen (secondary N) is 2. The highest BCUT2D eigenvalue weighted by molar-refractivity contribution is 9.10. The van der Waals surface area contributed by atoms with Gasteiger partial charge in [-0.15, -0.1) is 0 Å². The van der Waals surface area contributed by atoms with Crippen molar-refractivity contribution < 1.29 is 9.18 Å². The van der Waals surface area contributed by atoms with E-state index in [9.17, 15) is 9.18 Å². The van der Waals surface area contributed by atoms with Gasteiger partial charge in [-0.2, -0.15) is 0 Å². The van der Waals surface area contributed by atoms with Crippen molar-refractivity contribution in [2.45, 2.75) is 79.4 Å². The summed E-state index contributed by atoms with van der Waals surface area (Å²) in [5, 5.41) is 9.68. The van der Waals surface area contributed by atoms with Crippen molar-refractivity contribution in [2.24, 2.45) is 0 Å². The molecule has 1 rings (SSSR count). The maximum absolute atomic E-state index is 13.1. The van der Waals surface area contributed by atoms with E-state index in [0.717, 1.165) is 40.4 Å². The van der Waals surface area contributed by atoms with Crippen molar-refractivity contribution in [2.75, 3.05) is 0 Å². The molecular formula is C26H40BrFN2O. The van der Waals surface area contributed by atoms with Crippen molar-refractivity contribution >= 4 is 28.1 Å². The van der Waals surface area contributed by atoms with Gasteiger partial charge < -0.3 is 10.7 Å². The molecule has 5 heteroatoms. The van der Waals surface area contributed by atoms with Gasteiger partial charge in [0.05, 0.1) is 0 Å². The van der Waals surface area contributed by atoms with Crippen LogP contribution in [0.4, 0.5) is 4.39 Å². The molecule has 0 bridgehead atoms. The zero-order chi connectivity index (χ0) is 24.4. The van der Waals surface area contributed by atoms with Gasteiger partial charge in [0.15, 0.2) is 5.67 Å². The highest BCUT2D eigenvalue weighted by atomic mass is 79.9. The minimum absolute atomic E-state index is 0.0717. The number of halogens is 2. The molecule has 1 unspecified atom stereocenters. The first-order chi connectivity index (χ1) is 14.4. The third-order valence-corrected chi connectivity index (χ3v) is 4.48. The maximum atomic E-state index is 13.1. The molecule has 3 nitrogen and oxygen atoms in total. The smallest absolute Gasteiger partial charge is 0.257 e. The first-order valence-corrected chi connectivity index (χ1v) is 11.4. The van der Waals surface area contributed by atoms with E-state index in [-0.39, 0.29) is 6.04 Å². The number of carbonyl (C=O) groups excluding carboxylic acids is 1. The van der Waals surface area contributed by atoms with E-state index in [4.69, 9.17) is 5.41 Å². The molecular weight excluding hydrogens is 455 g/mol. The molecule has 2 N–H and O–H groups in total. The Hall–Kier alpha value is -2.01. The Labute approximate surface area is 197 Å². The van der Waals surface area contributed by atoms with E-state index < -0.39 is 11.6 Å². The molecule has 1 atom stereocenters. The Morgan fingerprint density at radius 1 is 1.35 bits per heavy atom. The average Bonchev–Trinajstić information content (AvgIpc) is 2.68. The summed E-state index contributed by atoms with van der Waals surface area (Å²) in [6.07, 6.45) is 12.3. The minimum atomic E-state index is -1.76. The summed E-state index contributed by atoms with van der Waals surface area (Å²) in [6, 6.07) is 5.97. The van der Waals surface area contributed by atoms with Gasteiger partial charge in [-0.05, 0) is 71.2 Å². The van der Waals surface area contributed by atoms with Crippen molar-refractivity contribution in [1.29, 1.82) is 5.41 Å². The maximum Gasteiger partial charge on any atom is 0.257 e. The lowest BCUT2D eigenvalue weighted by molar-refractivity contribution is -0.131. The molecule has 0 aliphatic rings. The number of unbranched alkanes of at least 4 members (excludes halogenated alkanes) is 1. The van der Waals surface area contributed by atoms with Crippen molar-refractivity contribution in [3.05, 3.63) is 70.3 Å². The van der Waals surface area contributed by atoms with Gasteiger partial charge >= 0.3 is 0 Å². The monoisotopic (exact) mass is 494 g/mol. The minimum Gasteiger partial charge on any atom is -0.351 e. The van der Waals surface area contributed by atoms with Crippen LogP contribution in [0.2, 0.25) is 0 Å². The van der Waals surface area contributed by atoms with Crippen LogP contribution in [0, 0.1) is 12.3 Å². The lowest BCUT2D eigenvalue weighted by Crippen LogP contribution is -2.43. The fraction of sp³-hybridized carbons (Fsp3) is 0.462. The van der Waals surface area contributed by atoms with Crippen LogP contribution < -0.4 is 5.32 Å². The van der Waals surface area contributed by atoms with E-state index in [1.165, 1.54) is 20.1 Å². The number of allylic oxidation sites excluding steroid dienone is 5. The Kier molecular flexibility index (Phi) is 17.7. The Morgan fingerprint density at radius 3 is 2.39 bits per heavy atom. The predicted octanol–water partition coefficient (Wildman–Crippen LogP) is 7.88. The molecule has 0 aliphatic heterocycles. The molecule has 0 spiro atoms. The molecule has 0 fully saturated rings. The van der Waals surface area contributed by atoms with E-state index in [2.05, 4.69) is 34.7 Å². The van der Waals surface area contributed by atoms with Crippen LogP contribution in [0.25, 0.3) is 0 Å². The zero-order valence-corrected chi connectivity index (χ0v) is 21.8.